The van der Waals surface area contributed by atoms with Crippen LogP contribution in [0.15, 0.2) is 24.3 Å². The fourth-order valence-corrected chi connectivity index (χ4v) is 1.35. The van der Waals surface area contributed by atoms with E-state index >= 15 is 0 Å². The zero-order valence-electron chi connectivity index (χ0n) is 9.06. The first-order valence-corrected chi connectivity index (χ1v) is 4.68. The normalized spacial score (nSPS) is 11.3. The second-order valence-electron chi connectivity index (χ2n) is 3.33. The van der Waals surface area contributed by atoms with Crippen LogP contribution in [0.25, 0.3) is 0 Å². The average molecular weight is 217 g/mol. The number of esters is 1. The lowest BCUT2D eigenvalue weighted by Gasteiger charge is -2.07. The molecule has 1 atom stereocenters. The molecule has 0 N–H and O–H groups in total. The van der Waals surface area contributed by atoms with E-state index in [9.17, 15) is 9.59 Å². The van der Waals surface area contributed by atoms with Gasteiger partial charge in [0.25, 0.3) is 5.78 Å². The van der Waals surface area contributed by atoms with Gasteiger partial charge in [0.15, 0.2) is 0 Å². The number of ether oxygens (including phenoxy) is 1. The van der Waals surface area contributed by atoms with Gasteiger partial charge in [0.05, 0.1) is 13.2 Å². The predicted molar refractivity (Wildman–Crippen MR) is 56.6 cm³/mol. The Kier molecular flexibility index (Phi) is 3.78. The smallest absolute Gasteiger partial charge is 0.376 e. The molecule has 0 heterocycles. The van der Waals surface area contributed by atoms with Gasteiger partial charge in [-0.15, -0.1) is 0 Å². The minimum absolute atomic E-state index is 0.512. The van der Waals surface area contributed by atoms with E-state index in [2.05, 4.69) is 4.74 Å². The number of ketones is 1. The topological polar surface area (TPSA) is 67.2 Å². The molecule has 0 saturated heterocycles. The lowest BCUT2D eigenvalue weighted by molar-refractivity contribution is -0.151. The number of hydrogen-bond acceptors (Lipinski definition) is 4. The molecule has 1 aromatic carbocycles. The predicted octanol–water partition coefficient (Wildman–Crippen LogP) is 1.34. The van der Waals surface area contributed by atoms with Gasteiger partial charge in [0.2, 0.25) is 0 Å². The SMILES string of the molecule is COC(=O)C(=O)C(C#N)c1cccc(C)c1. The molecular formula is C12H11NO3. The van der Waals surface area contributed by atoms with Crippen LogP contribution in [0, 0.1) is 18.3 Å². The number of aryl methyl sites for hydroxylation is 1. The number of methoxy groups -OCH3 is 1. The van der Waals surface area contributed by atoms with Gasteiger partial charge in [-0.25, -0.2) is 4.79 Å². The monoisotopic (exact) mass is 217 g/mol. The second-order valence-corrected chi connectivity index (χ2v) is 3.33. The molecule has 0 amide bonds. The molecule has 0 radical (unpaired) electrons. The average Bonchev–Trinajstić information content (AvgIpc) is 2.29. The second kappa shape index (κ2) is 5.08. The minimum atomic E-state index is -1.09. The lowest BCUT2D eigenvalue weighted by atomic mass is 9.95. The molecule has 0 aromatic heterocycles. The van der Waals surface area contributed by atoms with Gasteiger partial charge in [-0.2, -0.15) is 5.26 Å². The van der Waals surface area contributed by atoms with Gasteiger partial charge in [0, 0.05) is 0 Å². The summed E-state index contributed by atoms with van der Waals surface area (Å²) < 4.78 is 4.31. The Morgan fingerprint density at radius 1 is 1.44 bits per heavy atom. The number of hydrogen-bond donors (Lipinski definition) is 0. The minimum Gasteiger partial charge on any atom is -0.463 e. The number of rotatable bonds is 3. The first-order valence-electron chi connectivity index (χ1n) is 4.68. The fourth-order valence-electron chi connectivity index (χ4n) is 1.35. The molecule has 1 unspecified atom stereocenters. The standard InChI is InChI=1S/C12H11NO3/c1-8-4-3-5-9(6-8)10(7-13)11(14)12(15)16-2/h3-6,10H,1-2H3. The Hall–Kier alpha value is -2.15. The van der Waals surface area contributed by atoms with Crippen molar-refractivity contribution in [3.63, 3.8) is 0 Å². The van der Waals surface area contributed by atoms with Crippen LogP contribution < -0.4 is 0 Å². The van der Waals surface area contributed by atoms with Crippen molar-refractivity contribution in [1.29, 1.82) is 5.26 Å². The van der Waals surface area contributed by atoms with Crippen molar-refractivity contribution in [3.8, 4) is 6.07 Å². The molecule has 0 fully saturated rings. The van der Waals surface area contributed by atoms with Gasteiger partial charge < -0.3 is 4.74 Å². The fraction of sp³-hybridized carbons (Fsp3) is 0.250. The van der Waals surface area contributed by atoms with Gasteiger partial charge >= 0.3 is 5.97 Å². The summed E-state index contributed by atoms with van der Waals surface area (Å²) in [4.78, 5) is 22.6. The maximum atomic E-state index is 11.5. The third-order valence-electron chi connectivity index (χ3n) is 2.15. The highest BCUT2D eigenvalue weighted by Crippen LogP contribution is 2.17. The van der Waals surface area contributed by atoms with E-state index in [1.807, 2.05) is 19.1 Å². The summed E-state index contributed by atoms with van der Waals surface area (Å²) in [5.41, 5.74) is 1.44. The summed E-state index contributed by atoms with van der Waals surface area (Å²) in [6.45, 7) is 1.85. The first kappa shape index (κ1) is 11.9. The Labute approximate surface area is 93.5 Å². The molecule has 16 heavy (non-hydrogen) atoms. The van der Waals surface area contributed by atoms with Crippen molar-refractivity contribution in [1.82, 2.24) is 0 Å². The molecule has 0 bridgehead atoms. The van der Waals surface area contributed by atoms with Crippen LogP contribution in [0.3, 0.4) is 0 Å². The number of nitriles is 1. The highest BCUT2D eigenvalue weighted by atomic mass is 16.5. The maximum Gasteiger partial charge on any atom is 0.376 e. The lowest BCUT2D eigenvalue weighted by Crippen LogP contribution is -2.22. The van der Waals surface area contributed by atoms with E-state index in [0.717, 1.165) is 12.7 Å². The number of carbonyl (C=O) groups is 2. The summed E-state index contributed by atoms with van der Waals surface area (Å²) >= 11 is 0. The molecule has 1 rings (SSSR count). The van der Waals surface area contributed by atoms with Crippen molar-refractivity contribution in [2.24, 2.45) is 0 Å². The van der Waals surface area contributed by atoms with Gasteiger partial charge in [-0.3, -0.25) is 4.79 Å². The van der Waals surface area contributed by atoms with Gasteiger partial charge in [-0.1, -0.05) is 29.8 Å². The summed E-state index contributed by atoms with van der Waals surface area (Å²) in [5, 5.41) is 8.91. The number of benzene rings is 1. The maximum absolute atomic E-state index is 11.5. The first-order chi connectivity index (χ1) is 7.60. The van der Waals surface area contributed by atoms with Crippen LogP contribution in [0.4, 0.5) is 0 Å². The van der Waals surface area contributed by atoms with E-state index in [4.69, 9.17) is 5.26 Å². The molecule has 0 aliphatic heterocycles. The molecule has 4 heteroatoms. The molecule has 1 aromatic rings. The molecule has 4 nitrogen and oxygen atoms in total. The number of Topliss-reactive ketones (excluding diaryl/α,β-unsaturated/α-hetero) is 1. The van der Waals surface area contributed by atoms with E-state index < -0.39 is 17.7 Å². The quantitative estimate of drug-likeness (QED) is 0.566. The summed E-state index contributed by atoms with van der Waals surface area (Å²) in [6, 6.07) is 8.74. The van der Waals surface area contributed by atoms with Gasteiger partial charge in [-0.05, 0) is 12.5 Å². The van der Waals surface area contributed by atoms with E-state index in [1.54, 1.807) is 18.2 Å². The van der Waals surface area contributed by atoms with Crippen molar-refractivity contribution >= 4 is 11.8 Å². The van der Waals surface area contributed by atoms with Crippen LogP contribution in [0.2, 0.25) is 0 Å². The Balaban J connectivity index is 3.05. The molecule has 0 spiro atoms. The molecule has 0 aliphatic rings. The Morgan fingerprint density at radius 3 is 2.62 bits per heavy atom. The van der Waals surface area contributed by atoms with Crippen LogP contribution in [0.1, 0.15) is 17.0 Å². The highest BCUT2D eigenvalue weighted by molar-refractivity contribution is 6.36. The number of carbonyl (C=O) groups excluding carboxylic acids is 2. The number of nitrogens with zero attached hydrogens (tertiary/aromatic N) is 1. The van der Waals surface area contributed by atoms with Crippen molar-refractivity contribution in [3.05, 3.63) is 35.4 Å². The Morgan fingerprint density at radius 2 is 2.12 bits per heavy atom. The highest BCUT2D eigenvalue weighted by Gasteiger charge is 2.27. The van der Waals surface area contributed by atoms with Crippen LogP contribution in [-0.4, -0.2) is 18.9 Å². The van der Waals surface area contributed by atoms with Crippen molar-refractivity contribution in [2.45, 2.75) is 12.8 Å². The van der Waals surface area contributed by atoms with Crippen LogP contribution in [-0.2, 0) is 14.3 Å². The van der Waals surface area contributed by atoms with Crippen LogP contribution >= 0.6 is 0 Å². The van der Waals surface area contributed by atoms with E-state index in [-0.39, 0.29) is 0 Å². The van der Waals surface area contributed by atoms with Gasteiger partial charge in [0.1, 0.15) is 5.92 Å². The van der Waals surface area contributed by atoms with E-state index in [0.29, 0.717) is 5.56 Å². The third-order valence-corrected chi connectivity index (χ3v) is 2.15. The zero-order valence-corrected chi connectivity index (χ0v) is 9.06. The van der Waals surface area contributed by atoms with Crippen molar-refractivity contribution in [2.75, 3.05) is 7.11 Å². The largest absolute Gasteiger partial charge is 0.463 e. The molecular weight excluding hydrogens is 206 g/mol. The molecule has 0 saturated carbocycles. The summed E-state index contributed by atoms with van der Waals surface area (Å²) in [5.74, 6) is -2.92. The summed E-state index contributed by atoms with van der Waals surface area (Å²) in [7, 11) is 1.12. The summed E-state index contributed by atoms with van der Waals surface area (Å²) in [6.07, 6.45) is 0. The Bertz CT molecular complexity index is 460. The zero-order chi connectivity index (χ0) is 12.1. The third kappa shape index (κ3) is 2.45. The molecule has 82 valence electrons. The molecule has 0 aliphatic carbocycles. The van der Waals surface area contributed by atoms with E-state index in [1.165, 1.54) is 0 Å². The van der Waals surface area contributed by atoms with Crippen LogP contribution in [0.5, 0.6) is 0 Å². The van der Waals surface area contributed by atoms with Crippen molar-refractivity contribution < 1.29 is 14.3 Å².